The summed E-state index contributed by atoms with van der Waals surface area (Å²) in [5.74, 6) is 0. The molecule has 0 N–H and O–H groups in total. The molecular weight excluding hydrogens is 358 g/mol. The Kier molecular flexibility index (Phi) is 839. The van der Waals surface area contributed by atoms with Crippen molar-refractivity contribution in [3.8, 4) is 0 Å². The Labute approximate surface area is 106 Å². The van der Waals surface area contributed by atoms with E-state index in [9.17, 15) is 0 Å². The first-order valence-corrected chi connectivity index (χ1v) is 0. The average molecular weight is 362 g/mol. The zero-order valence-electron chi connectivity index (χ0n) is 2.36. The fourth-order valence-corrected chi connectivity index (χ4v) is 0. The SMILES string of the molecule is C.[Cr].[Fe].[Mn].[Mo].[Ni].[Si]. The third-order valence-corrected chi connectivity index (χ3v) is 0. The molecule has 5 radical (unpaired) electrons. The maximum atomic E-state index is 0. The van der Waals surface area contributed by atoms with Gasteiger partial charge in [-0.1, -0.05) is 7.43 Å². The third-order valence-electron chi connectivity index (χ3n) is 0. The first-order valence-electron chi connectivity index (χ1n) is 0. The summed E-state index contributed by atoms with van der Waals surface area (Å²) in [6.45, 7) is 0. The van der Waals surface area contributed by atoms with Gasteiger partial charge in [-0.3, -0.25) is 0 Å². The van der Waals surface area contributed by atoms with E-state index in [1.807, 2.05) is 0 Å². The molecule has 0 spiro atoms. The van der Waals surface area contributed by atoms with Crippen LogP contribution in [0.15, 0.2) is 0 Å². The standard InChI is InChI=1S/CH4.Cr.Fe.Mn.Mo.Ni.Si/h1H4;;;;;;. The smallest absolute Gasteiger partial charge is 0 e. The molecular formula is CH4CrFeMnMoNiSi. The molecule has 0 fully saturated rings. The summed E-state index contributed by atoms with van der Waals surface area (Å²) in [5, 5.41) is 0. The van der Waals surface area contributed by atoms with Gasteiger partial charge in [0, 0.05) is 100 Å². The Hall–Kier alpha value is 2.97. The van der Waals surface area contributed by atoms with Gasteiger partial charge in [-0.15, -0.1) is 0 Å². The molecule has 0 heterocycles. The zero-order chi connectivity index (χ0) is 0. The molecule has 0 aromatic heterocycles. The molecule has 49 valence electrons. The van der Waals surface area contributed by atoms with E-state index in [2.05, 4.69) is 0 Å². The molecule has 0 aliphatic heterocycles. The summed E-state index contributed by atoms with van der Waals surface area (Å²) < 4.78 is 0. The maximum absolute atomic E-state index is 0. The predicted octanol–water partition coefficient (Wildman–Crippen LogP) is 0.243. The van der Waals surface area contributed by atoms with Gasteiger partial charge in [0.15, 0.2) is 0 Å². The molecule has 0 aromatic rings. The van der Waals surface area contributed by atoms with Gasteiger partial charge in [-0.05, 0) is 0 Å². The van der Waals surface area contributed by atoms with Gasteiger partial charge in [-0.2, -0.15) is 0 Å². The Morgan fingerprint density at radius 1 is 1.00 bits per heavy atom. The van der Waals surface area contributed by atoms with E-state index >= 15 is 0 Å². The van der Waals surface area contributed by atoms with Crippen LogP contribution in [0, 0.1) is 0 Å². The minimum Gasteiger partial charge on any atom is -0.0776 e. The van der Waals surface area contributed by atoms with Crippen LogP contribution in [0.5, 0.6) is 0 Å². The van der Waals surface area contributed by atoms with E-state index in [1.54, 1.807) is 0 Å². The first kappa shape index (κ1) is 90.9. The van der Waals surface area contributed by atoms with E-state index < -0.39 is 0 Å². The molecule has 0 rings (SSSR count). The molecule has 0 saturated carbocycles. The van der Waals surface area contributed by atoms with Gasteiger partial charge in [0.1, 0.15) is 0 Å². The number of hydrogen-bond acceptors (Lipinski definition) is 0. The van der Waals surface area contributed by atoms with Crippen LogP contribution in [0.3, 0.4) is 0 Å². The first-order chi connectivity index (χ1) is 0. The third kappa shape index (κ3) is 49.4. The molecule has 0 unspecified atom stereocenters. The summed E-state index contributed by atoms with van der Waals surface area (Å²) in [4.78, 5) is 0. The van der Waals surface area contributed by atoms with Crippen molar-refractivity contribution >= 4 is 11.0 Å². The van der Waals surface area contributed by atoms with Crippen LogP contribution in [-0.4, -0.2) is 11.0 Å². The summed E-state index contributed by atoms with van der Waals surface area (Å²) in [6, 6.07) is 0. The fraction of sp³-hybridized carbons (Fsp3) is 1.00. The Morgan fingerprint density at radius 2 is 1.00 bits per heavy atom. The predicted molar refractivity (Wildman–Crippen MR) is 12.5 cm³/mol. The van der Waals surface area contributed by atoms with Crippen LogP contribution < -0.4 is 0 Å². The summed E-state index contributed by atoms with van der Waals surface area (Å²) >= 11 is 0. The molecule has 6 heteroatoms. The minimum atomic E-state index is 0. The van der Waals surface area contributed by atoms with Crippen LogP contribution >= 0.6 is 0 Å². The topological polar surface area (TPSA) is 0 Å². The quantitative estimate of drug-likeness (QED) is 0.543. The molecule has 0 bridgehead atoms. The Morgan fingerprint density at radius 3 is 1.00 bits per heavy atom. The van der Waals surface area contributed by atoms with Crippen molar-refractivity contribution in [2.24, 2.45) is 0 Å². The van der Waals surface area contributed by atoms with E-state index in [0.29, 0.717) is 0 Å². The maximum Gasteiger partial charge on any atom is 0 e. The van der Waals surface area contributed by atoms with Crippen molar-refractivity contribution in [3.63, 3.8) is 0 Å². The number of rotatable bonds is 0. The van der Waals surface area contributed by atoms with Gasteiger partial charge in [0.25, 0.3) is 0 Å². The second-order valence-corrected chi connectivity index (χ2v) is 0. The average Bonchev–Trinajstić information content (AvgIpc) is 0. The molecule has 0 amide bonds. The monoisotopic (exact) mass is 363 g/mol. The second kappa shape index (κ2) is 64.6. The molecule has 0 aliphatic rings. The summed E-state index contributed by atoms with van der Waals surface area (Å²) in [5.41, 5.74) is 0. The summed E-state index contributed by atoms with van der Waals surface area (Å²) in [6.07, 6.45) is 0. The van der Waals surface area contributed by atoms with Gasteiger partial charge >= 0.3 is 0 Å². The van der Waals surface area contributed by atoms with E-state index in [0.717, 1.165) is 0 Å². The van der Waals surface area contributed by atoms with Crippen molar-refractivity contribution in [1.82, 2.24) is 0 Å². The number of hydrogen-bond donors (Lipinski definition) is 0. The van der Waals surface area contributed by atoms with Gasteiger partial charge in [0.2, 0.25) is 0 Å². The van der Waals surface area contributed by atoms with Gasteiger partial charge in [0.05, 0.1) is 0 Å². The largest absolute Gasteiger partial charge is 0.0776 e. The molecule has 0 aliphatic carbocycles. The molecule has 0 atom stereocenters. The van der Waals surface area contributed by atoms with Crippen LogP contribution in [0.25, 0.3) is 0 Å². The van der Waals surface area contributed by atoms with Crippen LogP contribution in [0.4, 0.5) is 0 Å². The van der Waals surface area contributed by atoms with Crippen molar-refractivity contribution < 1.29 is 89.1 Å². The van der Waals surface area contributed by atoms with Gasteiger partial charge < -0.3 is 0 Å². The molecule has 7 heavy (non-hydrogen) atoms. The van der Waals surface area contributed by atoms with Crippen LogP contribution in [0.2, 0.25) is 0 Å². The van der Waals surface area contributed by atoms with Gasteiger partial charge in [-0.25, -0.2) is 0 Å². The van der Waals surface area contributed by atoms with Crippen LogP contribution in [0.1, 0.15) is 7.43 Å². The molecule has 0 saturated heterocycles. The Bertz CT molecular complexity index is 19.7. The zero-order valence-corrected chi connectivity index (χ0v) is 9.92. The Balaban J connectivity index is 0. The van der Waals surface area contributed by atoms with Crippen molar-refractivity contribution in [3.05, 3.63) is 0 Å². The normalized spacial score (nSPS) is 0. The summed E-state index contributed by atoms with van der Waals surface area (Å²) in [7, 11) is 0. The van der Waals surface area contributed by atoms with Crippen molar-refractivity contribution in [1.29, 1.82) is 0 Å². The molecule has 0 aromatic carbocycles. The van der Waals surface area contributed by atoms with Crippen molar-refractivity contribution in [2.45, 2.75) is 7.43 Å². The van der Waals surface area contributed by atoms with Crippen molar-refractivity contribution in [2.75, 3.05) is 0 Å². The fourth-order valence-electron chi connectivity index (χ4n) is 0. The van der Waals surface area contributed by atoms with E-state index in [1.165, 1.54) is 0 Å². The van der Waals surface area contributed by atoms with E-state index in [4.69, 9.17) is 0 Å². The van der Waals surface area contributed by atoms with E-state index in [-0.39, 0.29) is 107 Å². The molecule has 0 nitrogen and oxygen atoms in total. The minimum absolute atomic E-state index is 0. The van der Waals surface area contributed by atoms with Crippen LogP contribution in [-0.2, 0) is 89.1 Å². The second-order valence-electron chi connectivity index (χ2n) is 0.